The maximum Gasteiger partial charge on any atom is 0.0917 e. The summed E-state index contributed by atoms with van der Waals surface area (Å²) >= 11 is 1.78. The third kappa shape index (κ3) is 3.39. The van der Waals surface area contributed by atoms with Crippen LogP contribution in [0, 0.1) is 0 Å². The zero-order chi connectivity index (χ0) is 13.9. The third-order valence-corrected chi connectivity index (χ3v) is 4.57. The van der Waals surface area contributed by atoms with Gasteiger partial charge in [-0.3, -0.25) is 4.90 Å². The summed E-state index contributed by atoms with van der Waals surface area (Å²) in [7, 11) is 0. The lowest BCUT2D eigenvalue weighted by Crippen LogP contribution is -2.30. The predicted octanol–water partition coefficient (Wildman–Crippen LogP) is 3.03. The molecule has 1 aromatic heterocycles. The van der Waals surface area contributed by atoms with Gasteiger partial charge in [-0.25, -0.2) is 0 Å². The van der Waals surface area contributed by atoms with E-state index in [0.717, 1.165) is 12.1 Å². The molecule has 20 heavy (non-hydrogen) atoms. The minimum Gasteiger partial charge on any atom is -0.399 e. The summed E-state index contributed by atoms with van der Waals surface area (Å²) in [6.07, 6.45) is 2.02. The van der Waals surface area contributed by atoms with Gasteiger partial charge in [0.25, 0.3) is 0 Å². The van der Waals surface area contributed by atoms with Crippen LogP contribution in [0.1, 0.15) is 29.4 Å². The lowest BCUT2D eigenvalue weighted by molar-refractivity contribution is 0.105. The Morgan fingerprint density at radius 2 is 2.15 bits per heavy atom. The van der Waals surface area contributed by atoms with Gasteiger partial charge < -0.3 is 10.8 Å². The fourth-order valence-electron chi connectivity index (χ4n) is 2.48. The van der Waals surface area contributed by atoms with Crippen molar-refractivity contribution in [2.45, 2.75) is 31.5 Å². The van der Waals surface area contributed by atoms with Gasteiger partial charge in [-0.15, -0.1) is 11.3 Å². The Morgan fingerprint density at radius 3 is 2.80 bits per heavy atom. The van der Waals surface area contributed by atoms with Gasteiger partial charge in [-0.2, -0.15) is 0 Å². The van der Waals surface area contributed by atoms with E-state index in [1.54, 1.807) is 11.3 Å². The quantitative estimate of drug-likeness (QED) is 0.803. The third-order valence-electron chi connectivity index (χ3n) is 3.71. The highest BCUT2D eigenvalue weighted by molar-refractivity contribution is 7.09. The highest BCUT2D eigenvalue weighted by Crippen LogP contribution is 2.31. The molecule has 0 bridgehead atoms. The second-order valence-electron chi connectivity index (χ2n) is 5.43. The number of aliphatic hydroxyl groups excluding tert-OH is 1. The van der Waals surface area contributed by atoms with Crippen LogP contribution in [-0.2, 0) is 6.54 Å². The van der Waals surface area contributed by atoms with Crippen molar-refractivity contribution in [3.05, 3.63) is 52.2 Å². The van der Waals surface area contributed by atoms with Crippen LogP contribution < -0.4 is 5.73 Å². The molecule has 1 atom stereocenters. The average Bonchev–Trinajstić information content (AvgIpc) is 3.16. The molecule has 1 unspecified atom stereocenters. The SMILES string of the molecule is Nc1cccc(C(O)CN(Cc2cccs2)C2CC2)c1. The van der Waals surface area contributed by atoms with Crippen LogP contribution >= 0.6 is 11.3 Å². The van der Waals surface area contributed by atoms with Gasteiger partial charge in [0, 0.05) is 29.7 Å². The number of anilines is 1. The molecule has 1 aliphatic carbocycles. The number of thiophene rings is 1. The maximum atomic E-state index is 10.4. The molecule has 1 fully saturated rings. The van der Waals surface area contributed by atoms with Crippen LogP contribution in [0.3, 0.4) is 0 Å². The van der Waals surface area contributed by atoms with Crippen molar-refractivity contribution in [1.29, 1.82) is 0 Å². The van der Waals surface area contributed by atoms with Crippen LogP contribution in [0.5, 0.6) is 0 Å². The zero-order valence-corrected chi connectivity index (χ0v) is 12.2. The van der Waals surface area contributed by atoms with E-state index in [1.165, 1.54) is 17.7 Å². The molecule has 0 saturated heterocycles. The second-order valence-corrected chi connectivity index (χ2v) is 6.46. The Hall–Kier alpha value is -1.36. The van der Waals surface area contributed by atoms with E-state index >= 15 is 0 Å². The summed E-state index contributed by atoms with van der Waals surface area (Å²) in [6, 6.07) is 12.4. The highest BCUT2D eigenvalue weighted by Gasteiger charge is 2.30. The first kappa shape index (κ1) is 13.6. The number of benzene rings is 1. The topological polar surface area (TPSA) is 49.5 Å². The number of hydrogen-bond donors (Lipinski definition) is 2. The van der Waals surface area contributed by atoms with E-state index in [2.05, 4.69) is 22.4 Å². The van der Waals surface area contributed by atoms with E-state index in [4.69, 9.17) is 5.73 Å². The van der Waals surface area contributed by atoms with Crippen molar-refractivity contribution >= 4 is 17.0 Å². The van der Waals surface area contributed by atoms with Crippen molar-refractivity contribution in [3.63, 3.8) is 0 Å². The van der Waals surface area contributed by atoms with Gasteiger partial charge in [0.1, 0.15) is 0 Å². The van der Waals surface area contributed by atoms with Crippen molar-refractivity contribution in [3.8, 4) is 0 Å². The van der Waals surface area contributed by atoms with E-state index in [-0.39, 0.29) is 0 Å². The molecule has 3 nitrogen and oxygen atoms in total. The van der Waals surface area contributed by atoms with Crippen LogP contribution in [-0.4, -0.2) is 22.6 Å². The second kappa shape index (κ2) is 5.95. The number of aliphatic hydroxyl groups is 1. The molecule has 0 radical (unpaired) electrons. The molecule has 1 aromatic carbocycles. The minimum absolute atomic E-state index is 0.473. The first-order valence-electron chi connectivity index (χ1n) is 7.02. The monoisotopic (exact) mass is 288 g/mol. The molecule has 0 amide bonds. The number of nitrogens with two attached hydrogens (primary N) is 1. The molecule has 0 spiro atoms. The Labute approximate surface area is 123 Å². The van der Waals surface area contributed by atoms with E-state index < -0.39 is 6.10 Å². The standard InChI is InChI=1S/C16H20N2OS/c17-13-4-1-3-12(9-13)16(19)11-18(14-6-7-14)10-15-5-2-8-20-15/h1-5,8-9,14,16,19H,6-7,10-11,17H2. The molecule has 106 valence electrons. The van der Waals surface area contributed by atoms with Gasteiger partial charge in [0.15, 0.2) is 0 Å². The first-order valence-corrected chi connectivity index (χ1v) is 7.90. The van der Waals surface area contributed by atoms with Gasteiger partial charge in [0.2, 0.25) is 0 Å². The summed E-state index contributed by atoms with van der Waals surface area (Å²) in [6.45, 7) is 1.60. The largest absolute Gasteiger partial charge is 0.399 e. The number of nitrogens with zero attached hydrogens (tertiary/aromatic N) is 1. The fourth-order valence-corrected chi connectivity index (χ4v) is 3.21. The zero-order valence-electron chi connectivity index (χ0n) is 11.4. The van der Waals surface area contributed by atoms with Crippen molar-refractivity contribution in [2.75, 3.05) is 12.3 Å². The van der Waals surface area contributed by atoms with Gasteiger partial charge in [-0.05, 0) is 42.0 Å². The summed E-state index contributed by atoms with van der Waals surface area (Å²) in [4.78, 5) is 3.75. The fraction of sp³-hybridized carbons (Fsp3) is 0.375. The normalized spacial score (nSPS) is 16.5. The Balaban J connectivity index is 1.67. The molecule has 0 aliphatic heterocycles. The van der Waals surface area contributed by atoms with Crippen LogP contribution in [0.25, 0.3) is 0 Å². The van der Waals surface area contributed by atoms with Gasteiger partial charge in [0.05, 0.1) is 6.10 Å². The Morgan fingerprint density at radius 1 is 1.30 bits per heavy atom. The first-order chi connectivity index (χ1) is 9.72. The van der Waals surface area contributed by atoms with E-state index in [9.17, 15) is 5.11 Å². The molecule has 3 N–H and O–H groups in total. The van der Waals surface area contributed by atoms with Gasteiger partial charge >= 0.3 is 0 Å². The minimum atomic E-state index is -0.473. The maximum absolute atomic E-state index is 10.4. The van der Waals surface area contributed by atoms with Crippen LogP contribution in [0.15, 0.2) is 41.8 Å². The summed E-state index contributed by atoms with van der Waals surface area (Å²) in [5, 5.41) is 12.5. The summed E-state index contributed by atoms with van der Waals surface area (Å²) < 4.78 is 0. The lowest BCUT2D eigenvalue weighted by Gasteiger charge is -2.24. The van der Waals surface area contributed by atoms with E-state index in [1.807, 2.05) is 24.3 Å². The van der Waals surface area contributed by atoms with Crippen LogP contribution in [0.4, 0.5) is 5.69 Å². The molecule has 1 saturated carbocycles. The summed E-state index contributed by atoms with van der Waals surface area (Å²) in [5.74, 6) is 0. The Bertz CT molecular complexity index is 551. The smallest absolute Gasteiger partial charge is 0.0917 e. The summed E-state index contributed by atoms with van der Waals surface area (Å²) in [5.41, 5.74) is 7.40. The molecular weight excluding hydrogens is 268 g/mol. The number of rotatable bonds is 6. The molecule has 2 aromatic rings. The average molecular weight is 288 g/mol. The van der Waals surface area contributed by atoms with Gasteiger partial charge in [-0.1, -0.05) is 18.2 Å². The van der Waals surface area contributed by atoms with Crippen molar-refractivity contribution in [2.24, 2.45) is 0 Å². The molecule has 1 aliphatic rings. The van der Waals surface area contributed by atoms with E-state index in [0.29, 0.717) is 18.3 Å². The predicted molar refractivity (Wildman–Crippen MR) is 83.6 cm³/mol. The number of nitrogen functional groups attached to an aromatic ring is 1. The lowest BCUT2D eigenvalue weighted by atomic mass is 10.1. The molecule has 4 heteroatoms. The van der Waals surface area contributed by atoms with Crippen LogP contribution in [0.2, 0.25) is 0 Å². The highest BCUT2D eigenvalue weighted by atomic mass is 32.1. The number of hydrogen-bond acceptors (Lipinski definition) is 4. The molecule has 3 rings (SSSR count). The van der Waals surface area contributed by atoms with Crippen molar-refractivity contribution < 1.29 is 5.11 Å². The molecular formula is C16H20N2OS. The Kier molecular flexibility index (Phi) is 4.05. The van der Waals surface area contributed by atoms with Crippen molar-refractivity contribution in [1.82, 2.24) is 4.90 Å². The molecule has 1 heterocycles.